The summed E-state index contributed by atoms with van der Waals surface area (Å²) in [5.41, 5.74) is 6.24. The zero-order valence-corrected chi connectivity index (χ0v) is 16.4. The van der Waals surface area contributed by atoms with Crippen LogP contribution in [-0.2, 0) is 19.3 Å². The Morgan fingerprint density at radius 3 is 1.96 bits per heavy atom. The lowest BCUT2D eigenvalue weighted by molar-refractivity contribution is 0.340. The van der Waals surface area contributed by atoms with Gasteiger partial charge in [-0.2, -0.15) is 0 Å². The van der Waals surface area contributed by atoms with Gasteiger partial charge in [0.1, 0.15) is 5.75 Å². The number of aryl methyl sites for hydroxylation is 3. The SMILES string of the molecule is CCCCc1ccc(-c2ccc(CCc3ccc(OCC)cc3)cn2)cc1. The summed E-state index contributed by atoms with van der Waals surface area (Å²) in [4.78, 5) is 4.67. The fourth-order valence-corrected chi connectivity index (χ4v) is 3.17. The van der Waals surface area contributed by atoms with Gasteiger partial charge in [-0.25, -0.2) is 0 Å². The minimum Gasteiger partial charge on any atom is -0.494 e. The summed E-state index contributed by atoms with van der Waals surface area (Å²) in [6.07, 6.45) is 7.67. The number of ether oxygens (including phenoxy) is 1. The Hall–Kier alpha value is -2.61. The molecular formula is C25H29NO. The minimum absolute atomic E-state index is 0.707. The maximum absolute atomic E-state index is 5.50. The Morgan fingerprint density at radius 2 is 1.33 bits per heavy atom. The third-order valence-corrected chi connectivity index (χ3v) is 4.83. The van der Waals surface area contributed by atoms with Gasteiger partial charge in [-0.1, -0.05) is 55.8 Å². The van der Waals surface area contributed by atoms with Crippen LogP contribution in [0.2, 0.25) is 0 Å². The van der Waals surface area contributed by atoms with Crippen molar-refractivity contribution >= 4 is 0 Å². The van der Waals surface area contributed by atoms with E-state index in [4.69, 9.17) is 4.74 Å². The number of rotatable bonds is 9. The van der Waals surface area contributed by atoms with Gasteiger partial charge in [0.05, 0.1) is 12.3 Å². The van der Waals surface area contributed by atoms with E-state index in [0.717, 1.165) is 30.7 Å². The van der Waals surface area contributed by atoms with Crippen molar-refractivity contribution in [2.45, 2.75) is 46.0 Å². The van der Waals surface area contributed by atoms with Gasteiger partial charge in [0, 0.05) is 11.8 Å². The highest BCUT2D eigenvalue weighted by Crippen LogP contribution is 2.19. The molecule has 2 nitrogen and oxygen atoms in total. The van der Waals surface area contributed by atoms with Crippen molar-refractivity contribution in [3.8, 4) is 17.0 Å². The normalized spacial score (nSPS) is 10.7. The maximum Gasteiger partial charge on any atom is 0.119 e. The van der Waals surface area contributed by atoms with Crippen LogP contribution in [0.3, 0.4) is 0 Å². The molecule has 1 heterocycles. The van der Waals surface area contributed by atoms with Crippen LogP contribution < -0.4 is 4.74 Å². The molecule has 0 radical (unpaired) electrons. The number of pyridine rings is 1. The molecule has 1 aromatic heterocycles. The van der Waals surface area contributed by atoms with E-state index >= 15 is 0 Å². The third-order valence-electron chi connectivity index (χ3n) is 4.83. The van der Waals surface area contributed by atoms with Gasteiger partial charge in [-0.3, -0.25) is 4.98 Å². The molecule has 0 atom stereocenters. The highest BCUT2D eigenvalue weighted by atomic mass is 16.5. The van der Waals surface area contributed by atoms with Gasteiger partial charge < -0.3 is 4.74 Å². The Kier molecular flexibility index (Phi) is 7.04. The van der Waals surface area contributed by atoms with Crippen molar-refractivity contribution in [3.05, 3.63) is 83.6 Å². The summed E-state index contributed by atoms with van der Waals surface area (Å²) >= 11 is 0. The average molecular weight is 360 g/mol. The Labute approximate surface area is 163 Å². The van der Waals surface area contributed by atoms with Crippen molar-refractivity contribution in [3.63, 3.8) is 0 Å². The molecule has 0 saturated carbocycles. The van der Waals surface area contributed by atoms with Gasteiger partial charge in [0.15, 0.2) is 0 Å². The number of aromatic nitrogens is 1. The second-order valence-electron chi connectivity index (χ2n) is 6.93. The van der Waals surface area contributed by atoms with Crippen LogP contribution in [0.15, 0.2) is 66.9 Å². The van der Waals surface area contributed by atoms with Gasteiger partial charge in [-0.15, -0.1) is 0 Å². The molecule has 0 aliphatic carbocycles. The molecule has 0 bridgehead atoms. The Bertz CT molecular complexity index is 804. The zero-order chi connectivity index (χ0) is 18.9. The van der Waals surface area contributed by atoms with Crippen molar-refractivity contribution in [1.29, 1.82) is 0 Å². The summed E-state index contributed by atoms with van der Waals surface area (Å²) in [5.74, 6) is 0.938. The quantitative estimate of drug-likeness (QED) is 0.449. The first-order chi connectivity index (χ1) is 13.3. The topological polar surface area (TPSA) is 22.1 Å². The van der Waals surface area contributed by atoms with E-state index in [0.29, 0.717) is 6.61 Å². The van der Waals surface area contributed by atoms with Crippen molar-refractivity contribution in [2.75, 3.05) is 6.61 Å². The van der Waals surface area contributed by atoms with Crippen LogP contribution in [-0.4, -0.2) is 11.6 Å². The Balaban J connectivity index is 1.56. The maximum atomic E-state index is 5.50. The van der Waals surface area contributed by atoms with Gasteiger partial charge >= 0.3 is 0 Å². The highest BCUT2D eigenvalue weighted by molar-refractivity contribution is 5.59. The molecule has 2 aromatic carbocycles. The third kappa shape index (κ3) is 5.68. The summed E-state index contributed by atoms with van der Waals surface area (Å²) in [5, 5.41) is 0. The minimum atomic E-state index is 0.707. The van der Waals surface area contributed by atoms with Crippen LogP contribution >= 0.6 is 0 Å². The standard InChI is InChI=1S/C25H29NO/c1-3-5-6-20-9-14-23(15-10-20)25-18-13-22(19-26-25)8-7-21-11-16-24(17-12-21)27-4-2/h9-19H,3-8H2,1-2H3. The van der Waals surface area contributed by atoms with Crippen LogP contribution in [0.4, 0.5) is 0 Å². The van der Waals surface area contributed by atoms with E-state index in [2.05, 4.69) is 60.4 Å². The lowest BCUT2D eigenvalue weighted by atomic mass is 10.0. The molecule has 0 spiro atoms. The number of nitrogens with zero attached hydrogens (tertiary/aromatic N) is 1. The van der Waals surface area contributed by atoms with Gasteiger partial charge in [-0.05, 0) is 67.5 Å². The van der Waals surface area contributed by atoms with Crippen LogP contribution in [0, 0.1) is 0 Å². The summed E-state index contributed by atoms with van der Waals surface area (Å²) in [6.45, 7) is 4.94. The predicted octanol–water partition coefficient (Wildman–Crippen LogP) is 6.28. The molecule has 0 aliphatic rings. The van der Waals surface area contributed by atoms with Crippen LogP contribution in [0.5, 0.6) is 5.75 Å². The molecule has 0 amide bonds. The molecule has 2 heteroatoms. The number of hydrogen-bond donors (Lipinski definition) is 0. The van der Waals surface area contributed by atoms with E-state index in [9.17, 15) is 0 Å². The second-order valence-corrected chi connectivity index (χ2v) is 6.93. The lowest BCUT2D eigenvalue weighted by Gasteiger charge is -2.07. The molecule has 27 heavy (non-hydrogen) atoms. The first-order valence-corrected chi connectivity index (χ1v) is 10.0. The zero-order valence-electron chi connectivity index (χ0n) is 16.4. The van der Waals surface area contributed by atoms with Gasteiger partial charge in [0.25, 0.3) is 0 Å². The largest absolute Gasteiger partial charge is 0.494 e. The van der Waals surface area contributed by atoms with Gasteiger partial charge in [0.2, 0.25) is 0 Å². The molecule has 0 aliphatic heterocycles. The van der Waals surface area contributed by atoms with Crippen molar-refractivity contribution < 1.29 is 4.74 Å². The summed E-state index contributed by atoms with van der Waals surface area (Å²) in [6, 6.07) is 21.5. The first kappa shape index (κ1) is 19.2. The number of unbranched alkanes of at least 4 members (excludes halogenated alkanes) is 1. The monoisotopic (exact) mass is 359 g/mol. The predicted molar refractivity (Wildman–Crippen MR) is 113 cm³/mol. The molecule has 0 unspecified atom stereocenters. The molecule has 3 rings (SSSR count). The van der Waals surface area contributed by atoms with E-state index in [-0.39, 0.29) is 0 Å². The number of benzene rings is 2. The summed E-state index contributed by atoms with van der Waals surface area (Å²) in [7, 11) is 0. The molecular weight excluding hydrogens is 330 g/mol. The molecule has 0 saturated heterocycles. The van der Waals surface area contributed by atoms with E-state index in [1.165, 1.54) is 35.1 Å². The highest BCUT2D eigenvalue weighted by Gasteiger charge is 2.02. The molecule has 140 valence electrons. The lowest BCUT2D eigenvalue weighted by Crippen LogP contribution is -1.95. The molecule has 3 aromatic rings. The molecule has 0 N–H and O–H groups in total. The van der Waals surface area contributed by atoms with Crippen molar-refractivity contribution in [1.82, 2.24) is 4.98 Å². The number of hydrogen-bond acceptors (Lipinski definition) is 2. The average Bonchev–Trinajstić information content (AvgIpc) is 2.73. The first-order valence-electron chi connectivity index (χ1n) is 10.0. The van der Waals surface area contributed by atoms with Crippen LogP contribution in [0.1, 0.15) is 43.4 Å². The Morgan fingerprint density at radius 1 is 0.704 bits per heavy atom. The van der Waals surface area contributed by atoms with Crippen molar-refractivity contribution in [2.24, 2.45) is 0 Å². The summed E-state index contributed by atoms with van der Waals surface area (Å²) < 4.78 is 5.50. The molecule has 0 fully saturated rings. The second kappa shape index (κ2) is 9.91. The van der Waals surface area contributed by atoms with Crippen LogP contribution in [0.25, 0.3) is 11.3 Å². The smallest absolute Gasteiger partial charge is 0.119 e. The van der Waals surface area contributed by atoms with E-state index < -0.39 is 0 Å². The fourth-order valence-electron chi connectivity index (χ4n) is 3.17. The van der Waals surface area contributed by atoms with E-state index in [1.807, 2.05) is 25.3 Å². The van der Waals surface area contributed by atoms with E-state index in [1.54, 1.807) is 0 Å². The fraction of sp³-hybridized carbons (Fsp3) is 0.320.